The molecule has 3 N–H and O–H groups in total. The van der Waals surface area contributed by atoms with Crippen LogP contribution in [0.4, 0.5) is 0 Å². The lowest BCUT2D eigenvalue weighted by Crippen LogP contribution is -2.29. The Balaban J connectivity index is 3.88. The first kappa shape index (κ1) is 77.2. The molecule has 0 aliphatic rings. The van der Waals surface area contributed by atoms with E-state index in [1.807, 2.05) is 6.08 Å². The highest BCUT2D eigenvalue weighted by molar-refractivity contribution is 7.47. The fourth-order valence-electron chi connectivity index (χ4n) is 9.63. The zero-order valence-electron chi connectivity index (χ0n) is 52.1. The summed E-state index contributed by atoms with van der Waals surface area (Å²) in [5.41, 5.74) is 5.39. The number of hydrogen-bond donors (Lipinski definition) is 2. The molecule has 0 aliphatic carbocycles. The van der Waals surface area contributed by atoms with E-state index in [1.54, 1.807) is 0 Å². The molecule has 0 amide bonds. The minimum Gasteiger partial charge on any atom is -0.462 e. The minimum atomic E-state index is -4.41. The highest BCUT2D eigenvalue weighted by Crippen LogP contribution is 2.43. The molecule has 0 aromatic rings. The Bertz CT molecular complexity index is 1590. The number of phosphoric ester groups is 1. The summed E-state index contributed by atoms with van der Waals surface area (Å²) in [7, 11) is -4.41. The molecule has 0 aliphatic heterocycles. The summed E-state index contributed by atoms with van der Waals surface area (Å²) in [6.07, 6.45) is 87.0. The maximum Gasteiger partial charge on any atom is 0.472 e. The molecular weight excluding hydrogens is 1010 g/mol. The molecule has 0 spiro atoms. The first-order valence-corrected chi connectivity index (χ1v) is 35.1. The third-order valence-corrected chi connectivity index (χ3v) is 15.5. The normalized spacial score (nSPS) is 13.5. The third-order valence-electron chi connectivity index (χ3n) is 14.5. The van der Waals surface area contributed by atoms with Crippen molar-refractivity contribution in [2.75, 3.05) is 26.4 Å². The van der Waals surface area contributed by atoms with Gasteiger partial charge in [-0.1, -0.05) is 324 Å². The van der Waals surface area contributed by atoms with Crippen LogP contribution in [-0.4, -0.2) is 49.3 Å². The highest BCUT2D eigenvalue weighted by Gasteiger charge is 2.26. The van der Waals surface area contributed by atoms with Crippen molar-refractivity contribution in [1.82, 2.24) is 0 Å². The minimum absolute atomic E-state index is 0.0412. The average molecular weight is 1140 g/mol. The van der Waals surface area contributed by atoms with E-state index in [1.165, 1.54) is 212 Å². The van der Waals surface area contributed by atoms with Gasteiger partial charge in [0.15, 0.2) is 6.10 Å². The number of hydrogen-bond acceptors (Lipinski definition) is 8. The van der Waals surface area contributed by atoms with Crippen molar-refractivity contribution in [1.29, 1.82) is 0 Å². The van der Waals surface area contributed by atoms with Gasteiger partial charge in [-0.3, -0.25) is 18.6 Å². The van der Waals surface area contributed by atoms with Gasteiger partial charge < -0.3 is 20.1 Å². The van der Waals surface area contributed by atoms with E-state index in [-0.39, 0.29) is 32.6 Å². The second-order valence-corrected chi connectivity index (χ2v) is 23.8. The average Bonchev–Trinajstić information content (AvgIpc) is 3.45. The molecule has 0 aromatic heterocycles. The van der Waals surface area contributed by atoms with E-state index in [0.29, 0.717) is 12.8 Å². The van der Waals surface area contributed by atoms with Crippen LogP contribution in [-0.2, 0) is 32.7 Å². The van der Waals surface area contributed by atoms with Crippen molar-refractivity contribution in [3.8, 4) is 0 Å². The molecule has 0 rings (SSSR count). The lowest BCUT2D eigenvalue weighted by atomic mass is 10.0. The number of rotatable bonds is 63. The first-order valence-electron chi connectivity index (χ1n) is 33.6. The molecule has 9 nitrogen and oxygen atoms in total. The summed E-state index contributed by atoms with van der Waals surface area (Å²) in [5, 5.41) is 0. The van der Waals surface area contributed by atoms with E-state index >= 15 is 0 Å². The Kier molecular flexibility index (Phi) is 63.0. The monoisotopic (exact) mass is 1140 g/mol. The van der Waals surface area contributed by atoms with Crippen molar-refractivity contribution < 1.29 is 37.6 Å². The summed E-state index contributed by atoms with van der Waals surface area (Å²) in [6, 6.07) is 0. The molecule has 2 atom stereocenters. The lowest BCUT2D eigenvalue weighted by molar-refractivity contribution is -0.161. The smallest absolute Gasteiger partial charge is 0.462 e. The number of allylic oxidation sites excluding steroid dienone is 14. The highest BCUT2D eigenvalue weighted by atomic mass is 31.2. The predicted octanol–water partition coefficient (Wildman–Crippen LogP) is 21.8. The molecule has 10 heteroatoms. The van der Waals surface area contributed by atoms with Crippen LogP contribution < -0.4 is 5.73 Å². The van der Waals surface area contributed by atoms with Crippen LogP contribution >= 0.6 is 7.82 Å². The summed E-state index contributed by atoms with van der Waals surface area (Å²) in [5.74, 6) is -0.891. The maximum atomic E-state index is 12.7. The Morgan fingerprint density at radius 3 is 1.01 bits per heavy atom. The molecular formula is C70H126NO8P. The van der Waals surface area contributed by atoms with Gasteiger partial charge in [-0.2, -0.15) is 0 Å². The van der Waals surface area contributed by atoms with Crippen molar-refractivity contribution in [3.63, 3.8) is 0 Å². The van der Waals surface area contributed by atoms with E-state index < -0.39 is 32.5 Å². The van der Waals surface area contributed by atoms with E-state index in [2.05, 4.69) is 92.8 Å². The zero-order chi connectivity index (χ0) is 58.0. The van der Waals surface area contributed by atoms with Crippen molar-refractivity contribution in [2.45, 2.75) is 322 Å². The topological polar surface area (TPSA) is 134 Å². The second-order valence-electron chi connectivity index (χ2n) is 22.3. The molecule has 0 aromatic carbocycles. The number of phosphoric acid groups is 1. The van der Waals surface area contributed by atoms with Gasteiger partial charge in [0.1, 0.15) is 6.61 Å². The van der Waals surface area contributed by atoms with Crippen LogP contribution in [0.5, 0.6) is 0 Å². The van der Waals surface area contributed by atoms with Gasteiger partial charge in [0, 0.05) is 19.4 Å². The van der Waals surface area contributed by atoms with E-state index in [4.69, 9.17) is 24.3 Å². The fourth-order valence-corrected chi connectivity index (χ4v) is 10.4. The number of ether oxygens (including phenoxy) is 2. The predicted molar refractivity (Wildman–Crippen MR) is 344 cm³/mol. The molecule has 0 saturated heterocycles. The van der Waals surface area contributed by atoms with Crippen molar-refractivity contribution >= 4 is 19.8 Å². The van der Waals surface area contributed by atoms with E-state index in [9.17, 15) is 19.0 Å². The van der Waals surface area contributed by atoms with Gasteiger partial charge in [0.25, 0.3) is 0 Å². The number of carbonyl (C=O) groups excluding carboxylic acids is 2. The van der Waals surface area contributed by atoms with Crippen LogP contribution in [0.3, 0.4) is 0 Å². The quantitative estimate of drug-likeness (QED) is 0.0264. The van der Waals surface area contributed by atoms with Gasteiger partial charge in [0.05, 0.1) is 13.2 Å². The molecule has 80 heavy (non-hydrogen) atoms. The third kappa shape index (κ3) is 64.4. The summed E-state index contributed by atoms with van der Waals surface area (Å²) >= 11 is 0. The van der Waals surface area contributed by atoms with E-state index in [0.717, 1.165) is 64.2 Å². The van der Waals surface area contributed by atoms with Gasteiger partial charge in [-0.25, -0.2) is 4.57 Å². The Morgan fingerprint density at radius 1 is 0.388 bits per heavy atom. The Labute approximate surface area is 494 Å². The fraction of sp³-hybridized carbons (Fsp3) is 0.771. The number of carbonyl (C=O) groups is 2. The summed E-state index contributed by atoms with van der Waals surface area (Å²) < 4.78 is 33.0. The van der Waals surface area contributed by atoms with Gasteiger partial charge in [-0.15, -0.1) is 0 Å². The van der Waals surface area contributed by atoms with Crippen LogP contribution in [0.25, 0.3) is 0 Å². The van der Waals surface area contributed by atoms with Crippen LogP contribution in [0, 0.1) is 0 Å². The Hall–Kier alpha value is -2.81. The largest absolute Gasteiger partial charge is 0.472 e. The van der Waals surface area contributed by atoms with Crippen LogP contribution in [0.2, 0.25) is 0 Å². The molecule has 2 unspecified atom stereocenters. The van der Waals surface area contributed by atoms with Gasteiger partial charge in [0.2, 0.25) is 0 Å². The second kappa shape index (κ2) is 65.3. The molecule has 464 valence electrons. The number of nitrogens with two attached hydrogens (primary N) is 1. The molecule has 0 radical (unpaired) electrons. The molecule has 0 fully saturated rings. The maximum absolute atomic E-state index is 12.7. The van der Waals surface area contributed by atoms with Gasteiger partial charge >= 0.3 is 19.8 Å². The van der Waals surface area contributed by atoms with Gasteiger partial charge in [-0.05, 0) is 64.2 Å². The van der Waals surface area contributed by atoms with Crippen LogP contribution in [0.15, 0.2) is 85.1 Å². The SMILES string of the molecule is CC/C=C\C/C=C\C/C=C\C/C=C\C/C=C\C/C=C\C/C=C\CCCC(=O)OC(COC(=O)CCCCCCCCCCCCCCCCCCCCCCCCCCCCCCCCCCCCCC)COP(=O)(O)OCCN. The van der Waals surface area contributed by atoms with Crippen LogP contribution in [0.1, 0.15) is 316 Å². The summed E-state index contributed by atoms with van der Waals surface area (Å²) in [6.45, 7) is 3.60. The number of esters is 2. The molecule has 0 heterocycles. The number of unbranched alkanes of at least 4 members (excludes halogenated alkanes) is 36. The standard InChI is InChI=1S/C70H126NO8P/c1-3-5-7-9-11-13-15-17-19-21-23-25-27-28-29-30-31-32-33-34-35-36-37-38-39-41-42-44-46-48-50-52-54-56-58-60-62-69(72)76-66-68(67-78-80(74,75)77-65-64-71)79-70(73)63-61-59-57-55-53-51-49-47-45-43-40-26-24-22-20-18-16-14-12-10-8-6-4-2/h6,8,12,14,18,20,24,26,43,45,49,51,55,57,68H,3-5,7,9-11,13,15-17,19,21-23,25,27-42,44,46-48,50,52-54,56,58-67,71H2,1-2H3,(H,74,75)/b8-6-,14-12-,20-18-,26-24-,45-43-,51-49-,57-55-. The van der Waals surface area contributed by atoms with Crippen molar-refractivity contribution in [2.24, 2.45) is 5.73 Å². The Morgan fingerprint density at radius 2 is 0.688 bits per heavy atom. The first-order chi connectivity index (χ1) is 39.3. The molecule has 0 bridgehead atoms. The summed E-state index contributed by atoms with van der Waals surface area (Å²) in [4.78, 5) is 35.2. The molecule has 0 saturated carbocycles. The van der Waals surface area contributed by atoms with Crippen molar-refractivity contribution in [3.05, 3.63) is 85.1 Å². The zero-order valence-corrected chi connectivity index (χ0v) is 52.9. The lowest BCUT2D eigenvalue weighted by Gasteiger charge is -2.19.